The summed E-state index contributed by atoms with van der Waals surface area (Å²) in [7, 11) is 4.14. The van der Waals surface area contributed by atoms with Crippen LogP contribution < -0.4 is 0 Å². The molecule has 0 saturated carbocycles. The van der Waals surface area contributed by atoms with E-state index in [2.05, 4.69) is 114 Å². The Labute approximate surface area is 644 Å². The van der Waals surface area contributed by atoms with Crippen LogP contribution in [0.3, 0.4) is 0 Å². The highest BCUT2D eigenvalue weighted by atomic mass is 16.6. The lowest BCUT2D eigenvalue weighted by atomic mass is 10.0. The van der Waals surface area contributed by atoms with Crippen LogP contribution in [-0.2, 0) is 28.6 Å². The number of carbonyl (C=O) groups is 3. The first-order chi connectivity index (χ1) is 50.6. The predicted molar refractivity (Wildman–Crippen MR) is 453 cm³/mol. The van der Waals surface area contributed by atoms with Gasteiger partial charge in [-0.3, -0.25) is 19.3 Å². The zero-order chi connectivity index (χ0) is 74.9. The van der Waals surface area contributed by atoms with Gasteiger partial charge in [-0.05, 0) is 214 Å². The molecule has 0 aromatic rings. The molecule has 606 valence electrons. The van der Waals surface area contributed by atoms with Crippen molar-refractivity contribution >= 4 is 17.9 Å². The molecular formula is C95H180N2O6. The number of unbranched alkanes of at least 4 members (excludes halogenated alkanes) is 47. The first kappa shape index (κ1) is 100. The topological polar surface area (TPSA) is 85.4 Å². The molecule has 1 unspecified atom stereocenters. The van der Waals surface area contributed by atoms with Crippen molar-refractivity contribution in [1.29, 1.82) is 0 Å². The molecule has 0 aliphatic heterocycles. The lowest BCUT2D eigenvalue weighted by Crippen LogP contribution is -2.39. The van der Waals surface area contributed by atoms with Gasteiger partial charge in [0, 0.05) is 12.8 Å². The standard InChI is InChI=1S/C95H180N2O6/c1-9-15-21-27-33-35-37-39-41-43-45-47-49-51-59-69-81-91(82-70-60-52-50-48-46-44-42-40-38-36-34-28-22-16-10-2)103-95(100)92(96(7)8)83-73-76-88-97(86-74-63-53-61-71-84-93(98)101-89(77-65-55-29-23-17-11-3)78-66-56-30-24-18-12-4)87-75-64-54-62-72-85-94(99)102-90(79-67-57-31-25-19-13-5)80-68-58-32-26-20-14-6/h33-36,39-42,89-92H,9-32,37-38,43-88H2,1-8H3/b35-33+,36-34+,41-39+,42-40+. The van der Waals surface area contributed by atoms with Gasteiger partial charge in [0.2, 0.25) is 0 Å². The van der Waals surface area contributed by atoms with E-state index in [1.54, 1.807) is 0 Å². The highest BCUT2D eigenvalue weighted by Gasteiger charge is 2.26. The van der Waals surface area contributed by atoms with E-state index in [1.165, 1.54) is 308 Å². The molecule has 0 heterocycles. The highest BCUT2D eigenvalue weighted by Crippen LogP contribution is 2.24. The van der Waals surface area contributed by atoms with Gasteiger partial charge in [-0.15, -0.1) is 0 Å². The minimum atomic E-state index is -0.227. The second kappa shape index (κ2) is 83.3. The Morgan fingerprint density at radius 3 is 0.777 bits per heavy atom. The van der Waals surface area contributed by atoms with E-state index in [0.717, 1.165) is 142 Å². The second-order valence-electron chi connectivity index (χ2n) is 32.1. The van der Waals surface area contributed by atoms with Crippen LogP contribution in [0.15, 0.2) is 48.6 Å². The van der Waals surface area contributed by atoms with Gasteiger partial charge in [0.25, 0.3) is 0 Å². The molecule has 0 amide bonds. The molecule has 0 aliphatic carbocycles. The van der Waals surface area contributed by atoms with Crippen LogP contribution in [0.5, 0.6) is 0 Å². The Bertz CT molecular complexity index is 1720. The van der Waals surface area contributed by atoms with E-state index in [0.29, 0.717) is 12.8 Å². The summed E-state index contributed by atoms with van der Waals surface area (Å²) in [6.07, 6.45) is 100. The van der Waals surface area contributed by atoms with Crippen molar-refractivity contribution in [2.75, 3.05) is 33.7 Å². The van der Waals surface area contributed by atoms with E-state index in [-0.39, 0.29) is 42.3 Å². The van der Waals surface area contributed by atoms with E-state index in [1.807, 2.05) is 0 Å². The summed E-state index contributed by atoms with van der Waals surface area (Å²) >= 11 is 0. The Morgan fingerprint density at radius 2 is 0.476 bits per heavy atom. The summed E-state index contributed by atoms with van der Waals surface area (Å²) in [4.78, 5) is 45.6. The summed E-state index contributed by atoms with van der Waals surface area (Å²) < 4.78 is 19.0. The van der Waals surface area contributed by atoms with Crippen molar-refractivity contribution < 1.29 is 28.6 Å². The Kier molecular flexibility index (Phi) is 81.1. The molecule has 0 aromatic carbocycles. The molecule has 8 nitrogen and oxygen atoms in total. The van der Waals surface area contributed by atoms with Gasteiger partial charge in [0.15, 0.2) is 0 Å². The number of esters is 3. The third kappa shape index (κ3) is 74.5. The molecule has 0 fully saturated rings. The predicted octanol–water partition coefficient (Wildman–Crippen LogP) is 30.2. The summed E-state index contributed by atoms with van der Waals surface area (Å²) in [6.45, 7) is 16.9. The zero-order valence-electron chi connectivity index (χ0n) is 70.7. The molecule has 103 heavy (non-hydrogen) atoms. The van der Waals surface area contributed by atoms with E-state index >= 15 is 0 Å². The largest absolute Gasteiger partial charge is 0.462 e. The van der Waals surface area contributed by atoms with E-state index in [9.17, 15) is 14.4 Å². The molecule has 1 atom stereocenters. The van der Waals surface area contributed by atoms with Crippen molar-refractivity contribution in [3.05, 3.63) is 48.6 Å². The van der Waals surface area contributed by atoms with Crippen molar-refractivity contribution in [2.24, 2.45) is 0 Å². The van der Waals surface area contributed by atoms with Crippen molar-refractivity contribution in [1.82, 2.24) is 9.80 Å². The fourth-order valence-electron chi connectivity index (χ4n) is 14.7. The average molecular weight is 1450 g/mol. The number of ether oxygens (including phenoxy) is 3. The number of hydrogen-bond acceptors (Lipinski definition) is 8. The average Bonchev–Trinajstić information content (AvgIpc) is 0.960. The molecular weight excluding hydrogens is 1270 g/mol. The minimum Gasteiger partial charge on any atom is -0.462 e. The molecule has 0 aromatic heterocycles. The van der Waals surface area contributed by atoms with Crippen molar-refractivity contribution in [2.45, 2.75) is 509 Å². The van der Waals surface area contributed by atoms with Crippen LogP contribution in [0, 0.1) is 0 Å². The van der Waals surface area contributed by atoms with Crippen LogP contribution in [0.1, 0.15) is 485 Å². The summed E-state index contributed by atoms with van der Waals surface area (Å²) in [5, 5.41) is 0. The first-order valence-electron chi connectivity index (χ1n) is 46.2. The maximum absolute atomic E-state index is 14.3. The fourth-order valence-corrected chi connectivity index (χ4v) is 14.7. The van der Waals surface area contributed by atoms with E-state index in [4.69, 9.17) is 14.2 Å². The van der Waals surface area contributed by atoms with Crippen LogP contribution in [-0.4, -0.2) is 85.8 Å². The molecule has 8 heteroatoms. The minimum absolute atomic E-state index is 0.00308. The summed E-state index contributed by atoms with van der Waals surface area (Å²) in [5.41, 5.74) is 0. The molecule has 0 radical (unpaired) electrons. The Balaban J connectivity index is 5.69. The number of likely N-dealkylation sites (N-methyl/N-ethyl adjacent to an activating group) is 1. The third-order valence-corrected chi connectivity index (χ3v) is 21.7. The van der Waals surface area contributed by atoms with Gasteiger partial charge in [-0.1, -0.05) is 341 Å². The molecule has 0 spiro atoms. The zero-order valence-corrected chi connectivity index (χ0v) is 70.7. The maximum atomic E-state index is 14.3. The van der Waals surface area contributed by atoms with Gasteiger partial charge >= 0.3 is 17.9 Å². The Hall–Kier alpha value is -2.71. The van der Waals surface area contributed by atoms with Gasteiger partial charge in [-0.2, -0.15) is 0 Å². The van der Waals surface area contributed by atoms with Gasteiger partial charge in [-0.25, -0.2) is 0 Å². The molecule has 0 rings (SSSR count). The fraction of sp³-hybridized carbons (Fsp3) is 0.884. The van der Waals surface area contributed by atoms with Crippen LogP contribution >= 0.6 is 0 Å². The van der Waals surface area contributed by atoms with Crippen LogP contribution in [0.25, 0.3) is 0 Å². The first-order valence-corrected chi connectivity index (χ1v) is 46.2. The summed E-state index contributed by atoms with van der Waals surface area (Å²) in [6, 6.07) is -0.227. The normalized spacial score (nSPS) is 12.5. The highest BCUT2D eigenvalue weighted by molar-refractivity contribution is 5.76. The van der Waals surface area contributed by atoms with Gasteiger partial charge in [0.05, 0.1) is 0 Å². The molecule has 0 saturated heterocycles. The number of carbonyl (C=O) groups excluding carboxylic acids is 3. The molecule has 0 N–H and O–H groups in total. The Morgan fingerprint density at radius 1 is 0.252 bits per heavy atom. The van der Waals surface area contributed by atoms with Gasteiger partial charge in [0.1, 0.15) is 24.4 Å². The van der Waals surface area contributed by atoms with Crippen LogP contribution in [0.4, 0.5) is 0 Å². The second-order valence-corrected chi connectivity index (χ2v) is 32.1. The van der Waals surface area contributed by atoms with Crippen LogP contribution in [0.2, 0.25) is 0 Å². The molecule has 0 bridgehead atoms. The lowest BCUT2D eigenvalue weighted by molar-refractivity contribution is -0.156. The molecule has 0 aliphatic rings. The number of rotatable bonds is 84. The maximum Gasteiger partial charge on any atom is 0.323 e. The quantitative estimate of drug-likeness (QED) is 0.0258. The number of allylic oxidation sites excluding steroid dienone is 8. The summed E-state index contributed by atoms with van der Waals surface area (Å²) in [5.74, 6) is 0.0275. The van der Waals surface area contributed by atoms with E-state index < -0.39 is 0 Å². The number of nitrogens with zero attached hydrogens (tertiary/aromatic N) is 2. The third-order valence-electron chi connectivity index (χ3n) is 21.7. The number of hydrogen-bond donors (Lipinski definition) is 0. The smallest absolute Gasteiger partial charge is 0.323 e. The van der Waals surface area contributed by atoms with Crippen molar-refractivity contribution in [3.63, 3.8) is 0 Å². The monoisotopic (exact) mass is 1450 g/mol. The SMILES string of the molecule is CCCCC/C=C/C/C=C/CCCCCCCCC(CCCCCCCC/C=C/C/C=C/CCCCC)OC(=O)C(CCCCN(CCCCCCCC(=O)OC(CCCCCCCC)CCCCCCCC)CCCCCCCC(=O)OC(CCCCCCCC)CCCCCCCC)N(C)C. The lowest BCUT2D eigenvalue weighted by Gasteiger charge is -2.27. The van der Waals surface area contributed by atoms with Crippen molar-refractivity contribution in [3.8, 4) is 0 Å². The van der Waals surface area contributed by atoms with Gasteiger partial charge < -0.3 is 19.1 Å².